The summed E-state index contributed by atoms with van der Waals surface area (Å²) in [4.78, 5) is 13.6. The molecule has 0 saturated carbocycles. The quantitative estimate of drug-likeness (QED) is 0.721. The highest BCUT2D eigenvalue weighted by Gasteiger charge is 2.23. The molecule has 0 N–H and O–H groups in total. The third-order valence-electron chi connectivity index (χ3n) is 2.35. The van der Waals surface area contributed by atoms with Crippen molar-refractivity contribution < 1.29 is 9.21 Å². The Hall–Kier alpha value is -1.16. The van der Waals surface area contributed by atoms with Crippen molar-refractivity contribution in [2.24, 2.45) is 0 Å². The maximum atomic E-state index is 11.7. The third kappa shape index (κ3) is 2.45. The average molecular weight is 223 g/mol. The van der Waals surface area contributed by atoms with Gasteiger partial charge >= 0.3 is 0 Å². The topological polar surface area (TPSA) is 33.5 Å². The van der Waals surface area contributed by atoms with E-state index in [0.717, 1.165) is 12.3 Å². The molecule has 80 valence electrons. The van der Waals surface area contributed by atoms with E-state index < -0.39 is 0 Å². The molecule has 2 heterocycles. The van der Waals surface area contributed by atoms with Gasteiger partial charge in [0.2, 0.25) is 5.91 Å². The Morgan fingerprint density at radius 3 is 3.20 bits per heavy atom. The second kappa shape index (κ2) is 4.57. The molecule has 0 aliphatic carbocycles. The van der Waals surface area contributed by atoms with Gasteiger partial charge in [0, 0.05) is 18.4 Å². The molecule has 0 aromatic carbocycles. The van der Waals surface area contributed by atoms with Crippen LogP contribution in [-0.4, -0.2) is 28.5 Å². The molecular weight excluding hydrogens is 210 g/mol. The highest BCUT2D eigenvalue weighted by atomic mass is 32.2. The number of carbonyl (C=O) groups is 1. The van der Waals surface area contributed by atoms with E-state index in [4.69, 9.17) is 4.42 Å². The van der Waals surface area contributed by atoms with Crippen molar-refractivity contribution in [2.45, 2.75) is 12.3 Å². The van der Waals surface area contributed by atoms with Gasteiger partial charge in [0.25, 0.3) is 0 Å². The molecule has 15 heavy (non-hydrogen) atoms. The van der Waals surface area contributed by atoms with E-state index in [9.17, 15) is 4.79 Å². The Kier molecular flexibility index (Phi) is 3.16. The number of furan rings is 1. The minimum Gasteiger partial charge on any atom is -0.465 e. The van der Waals surface area contributed by atoms with Crippen LogP contribution < -0.4 is 0 Å². The van der Waals surface area contributed by atoms with Crippen LogP contribution in [0.4, 0.5) is 0 Å². The Morgan fingerprint density at radius 2 is 2.60 bits per heavy atom. The SMILES string of the molecule is CC1SCCN1C(=O)/C=C/c1ccco1. The molecule has 0 spiro atoms. The number of carbonyl (C=O) groups excluding carboxylic acids is 1. The molecule has 1 aromatic rings. The first-order valence-corrected chi connectivity index (χ1v) is 5.96. The zero-order valence-electron chi connectivity index (χ0n) is 8.55. The molecule has 1 aliphatic rings. The number of hydrogen-bond acceptors (Lipinski definition) is 3. The minimum absolute atomic E-state index is 0.0592. The fraction of sp³-hybridized carbons (Fsp3) is 0.364. The van der Waals surface area contributed by atoms with Crippen molar-refractivity contribution in [3.63, 3.8) is 0 Å². The van der Waals surface area contributed by atoms with E-state index in [1.807, 2.05) is 11.0 Å². The second-order valence-electron chi connectivity index (χ2n) is 3.35. The van der Waals surface area contributed by atoms with Crippen LogP contribution in [0.3, 0.4) is 0 Å². The van der Waals surface area contributed by atoms with Crippen molar-refractivity contribution in [1.82, 2.24) is 4.90 Å². The first kappa shape index (κ1) is 10.4. The summed E-state index contributed by atoms with van der Waals surface area (Å²) in [7, 11) is 0. The van der Waals surface area contributed by atoms with E-state index >= 15 is 0 Å². The Morgan fingerprint density at radius 1 is 1.73 bits per heavy atom. The van der Waals surface area contributed by atoms with Gasteiger partial charge < -0.3 is 9.32 Å². The van der Waals surface area contributed by atoms with E-state index in [1.165, 1.54) is 0 Å². The standard InChI is InChI=1S/C11H13NO2S/c1-9-12(6-8-15-9)11(13)5-4-10-3-2-7-14-10/h2-5,7,9H,6,8H2,1H3/b5-4+. The summed E-state index contributed by atoms with van der Waals surface area (Å²) in [5.41, 5.74) is 0. The Balaban J connectivity index is 1.97. The lowest BCUT2D eigenvalue weighted by Gasteiger charge is -2.17. The van der Waals surface area contributed by atoms with E-state index in [-0.39, 0.29) is 5.91 Å². The van der Waals surface area contributed by atoms with Crippen molar-refractivity contribution in [3.05, 3.63) is 30.2 Å². The zero-order chi connectivity index (χ0) is 10.7. The maximum absolute atomic E-state index is 11.7. The van der Waals surface area contributed by atoms with E-state index in [0.29, 0.717) is 11.1 Å². The molecule has 0 radical (unpaired) electrons. The lowest BCUT2D eigenvalue weighted by atomic mass is 10.3. The van der Waals surface area contributed by atoms with Gasteiger partial charge in [-0.25, -0.2) is 0 Å². The fourth-order valence-electron chi connectivity index (χ4n) is 1.52. The third-order valence-corrected chi connectivity index (χ3v) is 3.50. The fourth-order valence-corrected chi connectivity index (χ4v) is 2.55. The summed E-state index contributed by atoms with van der Waals surface area (Å²) in [6.45, 7) is 2.89. The summed E-state index contributed by atoms with van der Waals surface area (Å²) in [6.07, 6.45) is 4.87. The van der Waals surface area contributed by atoms with Gasteiger partial charge in [-0.05, 0) is 25.1 Å². The van der Waals surface area contributed by atoms with Gasteiger partial charge in [-0.15, -0.1) is 11.8 Å². The van der Waals surface area contributed by atoms with Crippen LogP contribution in [-0.2, 0) is 4.79 Å². The zero-order valence-corrected chi connectivity index (χ0v) is 9.37. The second-order valence-corrected chi connectivity index (χ2v) is 4.77. The largest absolute Gasteiger partial charge is 0.465 e. The lowest BCUT2D eigenvalue weighted by Crippen LogP contribution is -2.31. The number of rotatable bonds is 2. The maximum Gasteiger partial charge on any atom is 0.247 e. The van der Waals surface area contributed by atoms with Gasteiger partial charge in [0.05, 0.1) is 11.6 Å². The van der Waals surface area contributed by atoms with Crippen molar-refractivity contribution >= 4 is 23.7 Å². The van der Waals surface area contributed by atoms with Crippen molar-refractivity contribution in [3.8, 4) is 0 Å². The van der Waals surface area contributed by atoms with Crippen molar-refractivity contribution in [1.29, 1.82) is 0 Å². The molecule has 1 unspecified atom stereocenters. The molecule has 1 aliphatic heterocycles. The molecular formula is C11H13NO2S. The first-order valence-electron chi connectivity index (χ1n) is 4.91. The van der Waals surface area contributed by atoms with E-state index in [2.05, 4.69) is 6.92 Å². The van der Waals surface area contributed by atoms with Gasteiger partial charge in [0.15, 0.2) is 0 Å². The van der Waals surface area contributed by atoms with Gasteiger partial charge in [-0.1, -0.05) is 0 Å². The molecule has 0 bridgehead atoms. The first-order chi connectivity index (χ1) is 7.27. The summed E-state index contributed by atoms with van der Waals surface area (Å²) in [5.74, 6) is 1.80. The smallest absolute Gasteiger partial charge is 0.247 e. The minimum atomic E-state index is 0.0592. The lowest BCUT2D eigenvalue weighted by molar-refractivity contribution is -0.125. The number of nitrogens with zero attached hydrogens (tertiary/aromatic N) is 1. The van der Waals surface area contributed by atoms with E-state index in [1.54, 1.807) is 36.2 Å². The Labute approximate surface area is 93.1 Å². The predicted molar refractivity (Wildman–Crippen MR) is 61.4 cm³/mol. The molecule has 2 rings (SSSR count). The summed E-state index contributed by atoms with van der Waals surface area (Å²) in [5, 5.41) is 0.291. The molecule has 1 saturated heterocycles. The van der Waals surface area contributed by atoms with Crippen LogP contribution in [0.25, 0.3) is 6.08 Å². The summed E-state index contributed by atoms with van der Waals surface area (Å²) < 4.78 is 5.11. The van der Waals surface area contributed by atoms with Crippen LogP contribution in [0.2, 0.25) is 0 Å². The molecule has 1 aromatic heterocycles. The molecule has 1 amide bonds. The van der Waals surface area contributed by atoms with Crippen LogP contribution in [0, 0.1) is 0 Å². The molecule has 1 fully saturated rings. The number of hydrogen-bond donors (Lipinski definition) is 0. The normalized spacial score (nSPS) is 21.4. The molecule has 4 heteroatoms. The number of thioether (sulfide) groups is 1. The Bertz CT molecular complexity index is 359. The summed E-state index contributed by atoms with van der Waals surface area (Å²) in [6, 6.07) is 3.63. The predicted octanol–water partition coefficient (Wildman–Crippen LogP) is 2.21. The van der Waals surface area contributed by atoms with Gasteiger partial charge in [-0.3, -0.25) is 4.79 Å². The highest BCUT2D eigenvalue weighted by Crippen LogP contribution is 2.23. The van der Waals surface area contributed by atoms with Crippen LogP contribution >= 0.6 is 11.8 Å². The van der Waals surface area contributed by atoms with Crippen LogP contribution in [0.15, 0.2) is 28.9 Å². The van der Waals surface area contributed by atoms with Crippen LogP contribution in [0.1, 0.15) is 12.7 Å². The van der Waals surface area contributed by atoms with Gasteiger partial charge in [-0.2, -0.15) is 0 Å². The molecule has 1 atom stereocenters. The number of amides is 1. The monoisotopic (exact) mass is 223 g/mol. The highest BCUT2D eigenvalue weighted by molar-refractivity contribution is 8.00. The summed E-state index contributed by atoms with van der Waals surface area (Å²) >= 11 is 1.80. The van der Waals surface area contributed by atoms with Crippen LogP contribution in [0.5, 0.6) is 0 Å². The molecule has 3 nitrogen and oxygen atoms in total. The average Bonchev–Trinajstić information content (AvgIpc) is 2.84. The van der Waals surface area contributed by atoms with Crippen molar-refractivity contribution in [2.75, 3.05) is 12.3 Å². The van der Waals surface area contributed by atoms with Gasteiger partial charge in [0.1, 0.15) is 5.76 Å².